The van der Waals surface area contributed by atoms with E-state index >= 15 is 0 Å². The van der Waals surface area contributed by atoms with Gasteiger partial charge in [-0.2, -0.15) is 0 Å². The molecule has 33 heavy (non-hydrogen) atoms. The van der Waals surface area contributed by atoms with Crippen LogP contribution in [-0.4, -0.2) is 62.1 Å². The van der Waals surface area contributed by atoms with Crippen LogP contribution in [0.3, 0.4) is 0 Å². The van der Waals surface area contributed by atoms with Crippen LogP contribution in [-0.2, 0) is 16.1 Å². The number of aromatic nitrogens is 1. The van der Waals surface area contributed by atoms with Gasteiger partial charge in [-0.3, -0.25) is 9.69 Å². The molecule has 1 amide bonds. The summed E-state index contributed by atoms with van der Waals surface area (Å²) in [4.78, 5) is 33.9. The van der Waals surface area contributed by atoms with Gasteiger partial charge in [-0.1, -0.05) is 31.7 Å². The van der Waals surface area contributed by atoms with Gasteiger partial charge in [-0.15, -0.1) is 11.3 Å². The molecule has 3 aliphatic heterocycles. The van der Waals surface area contributed by atoms with Crippen LogP contribution in [0.4, 0.5) is 0 Å². The molecule has 9 heteroatoms. The molecule has 0 aliphatic carbocycles. The molecule has 3 aliphatic rings. The van der Waals surface area contributed by atoms with E-state index in [0.717, 1.165) is 40.1 Å². The van der Waals surface area contributed by atoms with Crippen molar-refractivity contribution in [3.8, 4) is 0 Å². The summed E-state index contributed by atoms with van der Waals surface area (Å²) in [6, 6.07) is 6.09. The summed E-state index contributed by atoms with van der Waals surface area (Å²) in [5.74, 6) is -1.33. The number of β-lactam (4-membered cyclic amide) rings is 1. The largest absolute Gasteiger partial charge is 0.477 e. The Kier molecular flexibility index (Phi) is 6.01. The molecule has 2 fully saturated rings. The number of carboxylic acids is 1. The Balaban J connectivity index is 1.37. The van der Waals surface area contributed by atoms with Crippen LogP contribution in [0.5, 0.6) is 0 Å². The SMILES string of the molecule is CC1CCN(Cc2ccc3sc(SC4=C(C(=O)O)N5C(=O)[C@H]([C@@H](C)O)[C@H]5[C@H]4C)nc3c2)CC1. The van der Waals surface area contributed by atoms with E-state index in [0.29, 0.717) is 4.91 Å². The van der Waals surface area contributed by atoms with Crippen molar-refractivity contribution in [3.63, 3.8) is 0 Å². The second kappa shape index (κ2) is 8.69. The smallest absolute Gasteiger partial charge is 0.353 e. The van der Waals surface area contributed by atoms with E-state index in [9.17, 15) is 19.8 Å². The lowest BCUT2D eigenvalue weighted by molar-refractivity contribution is -0.163. The van der Waals surface area contributed by atoms with Crippen molar-refractivity contribution in [3.05, 3.63) is 34.4 Å². The number of piperidine rings is 1. The summed E-state index contributed by atoms with van der Waals surface area (Å²) in [6.45, 7) is 9.03. The van der Waals surface area contributed by atoms with Crippen molar-refractivity contribution in [1.82, 2.24) is 14.8 Å². The number of fused-ring (bicyclic) bond motifs is 2. The van der Waals surface area contributed by atoms with Gasteiger partial charge in [0.05, 0.1) is 28.3 Å². The lowest BCUT2D eigenvalue weighted by atomic mass is 9.79. The van der Waals surface area contributed by atoms with E-state index in [1.54, 1.807) is 18.3 Å². The van der Waals surface area contributed by atoms with Gasteiger partial charge in [0.25, 0.3) is 0 Å². The van der Waals surface area contributed by atoms with Gasteiger partial charge < -0.3 is 15.1 Å². The lowest BCUT2D eigenvalue weighted by Gasteiger charge is -2.46. The minimum Gasteiger partial charge on any atom is -0.477 e. The number of carbonyl (C=O) groups is 2. The normalized spacial score (nSPS) is 27.2. The van der Waals surface area contributed by atoms with E-state index in [-0.39, 0.29) is 23.6 Å². The standard InChI is InChI=1S/C24H29N3O4S2/c1-12-6-8-26(9-7-12)11-15-4-5-17-16(10-15)25-24(32-17)33-21-13(2)19-18(14(3)28)22(29)27(19)20(21)23(30)31/h4-5,10,12-14,18-19,28H,6-9,11H2,1-3H3,(H,30,31)/t13-,14-,18-,19-/m1/s1. The van der Waals surface area contributed by atoms with Crippen LogP contribution in [0, 0.1) is 17.8 Å². The molecule has 5 rings (SSSR count). The molecule has 0 saturated carbocycles. The van der Waals surface area contributed by atoms with Crippen molar-refractivity contribution in [2.45, 2.75) is 56.6 Å². The Morgan fingerprint density at radius 3 is 2.70 bits per heavy atom. The molecule has 2 aromatic rings. The first kappa shape index (κ1) is 22.8. The molecule has 176 valence electrons. The van der Waals surface area contributed by atoms with Crippen LogP contribution in [0.1, 0.15) is 39.2 Å². The fraction of sp³-hybridized carbons (Fsp3) is 0.542. The molecule has 4 atom stereocenters. The number of thioether (sulfide) groups is 1. The first-order valence-electron chi connectivity index (χ1n) is 11.5. The highest BCUT2D eigenvalue weighted by atomic mass is 32.2. The quantitative estimate of drug-likeness (QED) is 0.599. The molecule has 1 aromatic heterocycles. The highest BCUT2D eigenvalue weighted by Gasteiger charge is 2.60. The number of thiazole rings is 1. The van der Waals surface area contributed by atoms with E-state index in [4.69, 9.17) is 4.98 Å². The minimum atomic E-state index is -1.11. The predicted octanol–water partition coefficient (Wildman–Crippen LogP) is 3.77. The average molecular weight is 488 g/mol. The minimum absolute atomic E-state index is 0.0404. The van der Waals surface area contributed by atoms with E-state index < -0.39 is 18.0 Å². The van der Waals surface area contributed by atoms with Crippen LogP contribution in [0.2, 0.25) is 0 Å². The van der Waals surface area contributed by atoms with Gasteiger partial charge in [0.1, 0.15) is 5.70 Å². The number of aliphatic carboxylic acids is 1. The number of aliphatic hydroxyl groups is 1. The molecule has 0 unspecified atom stereocenters. The van der Waals surface area contributed by atoms with Gasteiger partial charge in [0, 0.05) is 17.4 Å². The maximum Gasteiger partial charge on any atom is 0.353 e. The van der Waals surface area contributed by atoms with E-state index in [1.165, 1.54) is 35.1 Å². The molecule has 4 heterocycles. The van der Waals surface area contributed by atoms with Crippen LogP contribution in [0.25, 0.3) is 10.2 Å². The second-order valence-corrected chi connectivity index (χ2v) is 11.9. The maximum absolute atomic E-state index is 12.5. The summed E-state index contributed by atoms with van der Waals surface area (Å²) >= 11 is 2.89. The number of carbonyl (C=O) groups excluding carboxylic acids is 1. The van der Waals surface area contributed by atoms with E-state index in [2.05, 4.69) is 30.0 Å². The highest BCUT2D eigenvalue weighted by Crippen LogP contribution is 2.52. The third-order valence-electron chi connectivity index (χ3n) is 7.22. The van der Waals surface area contributed by atoms with Crippen LogP contribution < -0.4 is 0 Å². The maximum atomic E-state index is 12.5. The number of hydrogen-bond donors (Lipinski definition) is 2. The topological polar surface area (TPSA) is 94.0 Å². The zero-order chi connectivity index (χ0) is 23.4. The molecular weight excluding hydrogens is 458 g/mol. The molecule has 1 aromatic carbocycles. The number of rotatable bonds is 6. The number of nitrogens with zero attached hydrogens (tertiary/aromatic N) is 3. The Morgan fingerprint density at radius 1 is 1.30 bits per heavy atom. The number of benzene rings is 1. The fourth-order valence-corrected chi connectivity index (χ4v) is 7.65. The average Bonchev–Trinajstić information content (AvgIpc) is 3.26. The zero-order valence-electron chi connectivity index (χ0n) is 19.0. The molecule has 2 N–H and O–H groups in total. The molecule has 2 saturated heterocycles. The Hall–Kier alpha value is -1.94. The van der Waals surface area contributed by atoms with Crippen molar-refractivity contribution in [1.29, 1.82) is 0 Å². The Bertz CT molecular complexity index is 1140. The van der Waals surface area contributed by atoms with Gasteiger partial charge in [-0.25, -0.2) is 9.78 Å². The third-order valence-corrected chi connectivity index (χ3v) is 9.61. The van der Waals surface area contributed by atoms with Crippen molar-refractivity contribution < 1.29 is 19.8 Å². The highest BCUT2D eigenvalue weighted by molar-refractivity contribution is 8.04. The van der Waals surface area contributed by atoms with Crippen LogP contribution in [0.15, 0.2) is 33.1 Å². The first-order valence-corrected chi connectivity index (χ1v) is 13.2. The molecular formula is C24H29N3O4S2. The molecule has 7 nitrogen and oxygen atoms in total. The second-order valence-electron chi connectivity index (χ2n) is 9.61. The van der Waals surface area contributed by atoms with Crippen molar-refractivity contribution in [2.24, 2.45) is 17.8 Å². The molecule has 0 bridgehead atoms. The number of amides is 1. The number of aliphatic hydroxyl groups excluding tert-OH is 1. The summed E-state index contributed by atoms with van der Waals surface area (Å²) in [6.07, 6.45) is 1.69. The fourth-order valence-electron chi connectivity index (χ4n) is 5.32. The number of likely N-dealkylation sites (tertiary alicyclic amines) is 1. The summed E-state index contributed by atoms with van der Waals surface area (Å²) in [5, 5.41) is 19.9. The molecule has 0 radical (unpaired) electrons. The number of hydrogen-bond acceptors (Lipinski definition) is 7. The van der Waals surface area contributed by atoms with Crippen molar-refractivity contribution >= 4 is 45.2 Å². The Labute approximate surface area is 201 Å². The summed E-state index contributed by atoms with van der Waals surface area (Å²) in [5.41, 5.74) is 2.21. The first-order chi connectivity index (χ1) is 15.7. The predicted molar refractivity (Wildman–Crippen MR) is 129 cm³/mol. The molecule has 0 spiro atoms. The lowest BCUT2D eigenvalue weighted by Crippen LogP contribution is -2.63. The third kappa shape index (κ3) is 3.99. The van der Waals surface area contributed by atoms with Gasteiger partial charge in [0.15, 0.2) is 4.34 Å². The van der Waals surface area contributed by atoms with E-state index in [1.807, 2.05) is 6.92 Å². The van der Waals surface area contributed by atoms with Crippen LogP contribution >= 0.6 is 23.1 Å². The number of carboxylic acid groups (broad SMARTS) is 1. The summed E-state index contributed by atoms with van der Waals surface area (Å²) < 4.78 is 1.84. The zero-order valence-corrected chi connectivity index (χ0v) is 20.7. The monoisotopic (exact) mass is 487 g/mol. The van der Waals surface area contributed by atoms with Gasteiger partial charge in [0.2, 0.25) is 5.91 Å². The Morgan fingerprint density at radius 2 is 2.03 bits per heavy atom. The van der Waals surface area contributed by atoms with Crippen molar-refractivity contribution in [2.75, 3.05) is 13.1 Å². The van der Waals surface area contributed by atoms with Gasteiger partial charge >= 0.3 is 5.97 Å². The summed E-state index contributed by atoms with van der Waals surface area (Å²) in [7, 11) is 0. The van der Waals surface area contributed by atoms with Gasteiger partial charge in [-0.05, 0) is 56.5 Å².